The molecular formula is C7H10BrN3O2S2. The molecule has 1 aliphatic rings. The Morgan fingerprint density at radius 2 is 2.27 bits per heavy atom. The van der Waals surface area contributed by atoms with Gasteiger partial charge in [-0.3, -0.25) is 0 Å². The van der Waals surface area contributed by atoms with Crippen molar-refractivity contribution in [1.82, 2.24) is 10.2 Å². The Balaban J connectivity index is 2.09. The number of halogens is 1. The number of anilines is 1. The monoisotopic (exact) mass is 311 g/mol. The predicted octanol–water partition coefficient (Wildman–Crippen LogP) is 1.29. The SMILES string of the molecule is CC1C(Nc2nnc(Br)s2)CCS1(=O)=O. The molecule has 15 heavy (non-hydrogen) atoms. The van der Waals surface area contributed by atoms with Crippen LogP contribution in [0.4, 0.5) is 5.13 Å². The topological polar surface area (TPSA) is 72.0 Å². The lowest BCUT2D eigenvalue weighted by Gasteiger charge is -2.14. The average Bonchev–Trinajstić information content (AvgIpc) is 2.66. The zero-order chi connectivity index (χ0) is 11.1. The Kier molecular flexibility index (Phi) is 3.00. The molecule has 1 aromatic rings. The fourth-order valence-corrected chi connectivity index (χ4v) is 4.31. The summed E-state index contributed by atoms with van der Waals surface area (Å²) in [5.41, 5.74) is 0. The number of sulfone groups is 1. The standard InChI is InChI=1S/C7H10BrN3O2S2/c1-4-5(2-3-15(4,12)13)9-7-11-10-6(8)14-7/h4-5H,2-3H2,1H3,(H,9,11). The number of hydrogen-bond acceptors (Lipinski definition) is 6. The second-order valence-electron chi connectivity index (χ2n) is 3.47. The van der Waals surface area contributed by atoms with Gasteiger partial charge >= 0.3 is 0 Å². The van der Waals surface area contributed by atoms with E-state index < -0.39 is 9.84 Å². The predicted molar refractivity (Wildman–Crippen MR) is 62.9 cm³/mol. The smallest absolute Gasteiger partial charge is 0.206 e. The molecule has 2 atom stereocenters. The first-order chi connectivity index (χ1) is 6.99. The molecule has 1 aromatic heterocycles. The van der Waals surface area contributed by atoms with Gasteiger partial charge in [-0.1, -0.05) is 11.3 Å². The number of nitrogens with one attached hydrogen (secondary N) is 1. The van der Waals surface area contributed by atoms with Crippen molar-refractivity contribution >= 4 is 42.2 Å². The number of rotatable bonds is 2. The number of aromatic nitrogens is 2. The third-order valence-corrected chi connectivity index (χ3v) is 6.11. The molecule has 1 N–H and O–H groups in total. The van der Waals surface area contributed by atoms with Crippen LogP contribution >= 0.6 is 27.3 Å². The molecule has 0 saturated carbocycles. The van der Waals surface area contributed by atoms with Crippen molar-refractivity contribution in [3.8, 4) is 0 Å². The second kappa shape index (κ2) is 3.99. The van der Waals surface area contributed by atoms with E-state index in [4.69, 9.17) is 0 Å². The van der Waals surface area contributed by atoms with E-state index in [1.807, 2.05) is 0 Å². The van der Waals surface area contributed by atoms with Gasteiger partial charge in [0.25, 0.3) is 0 Å². The largest absolute Gasteiger partial charge is 0.356 e. The second-order valence-corrected chi connectivity index (χ2v) is 8.20. The molecule has 0 amide bonds. The first-order valence-electron chi connectivity index (χ1n) is 4.46. The zero-order valence-corrected chi connectivity index (χ0v) is 11.2. The number of nitrogens with zero attached hydrogens (tertiary/aromatic N) is 2. The summed E-state index contributed by atoms with van der Waals surface area (Å²) in [5, 5.41) is 11.1. The van der Waals surface area contributed by atoms with Crippen LogP contribution in [-0.2, 0) is 9.84 Å². The summed E-state index contributed by atoms with van der Waals surface area (Å²) in [6.07, 6.45) is 0.640. The molecule has 0 aromatic carbocycles. The lowest BCUT2D eigenvalue weighted by molar-refractivity contribution is 0.590. The quantitative estimate of drug-likeness (QED) is 0.891. The maximum atomic E-state index is 11.5. The summed E-state index contributed by atoms with van der Waals surface area (Å²) in [6, 6.07) is -0.0464. The Morgan fingerprint density at radius 1 is 1.53 bits per heavy atom. The van der Waals surface area contributed by atoms with Gasteiger partial charge in [0.05, 0.1) is 11.0 Å². The van der Waals surface area contributed by atoms with Crippen molar-refractivity contribution in [2.24, 2.45) is 0 Å². The Morgan fingerprint density at radius 3 is 2.73 bits per heavy atom. The molecule has 0 spiro atoms. The Hall–Kier alpha value is -0.210. The van der Waals surface area contributed by atoms with E-state index in [-0.39, 0.29) is 17.0 Å². The van der Waals surface area contributed by atoms with Crippen LogP contribution in [0.25, 0.3) is 0 Å². The summed E-state index contributed by atoms with van der Waals surface area (Å²) >= 11 is 4.57. The van der Waals surface area contributed by atoms with E-state index in [0.29, 0.717) is 15.5 Å². The van der Waals surface area contributed by atoms with E-state index in [1.54, 1.807) is 6.92 Å². The van der Waals surface area contributed by atoms with Gasteiger partial charge in [0.15, 0.2) is 13.8 Å². The van der Waals surface area contributed by atoms with Crippen molar-refractivity contribution in [2.75, 3.05) is 11.1 Å². The maximum absolute atomic E-state index is 11.5. The molecular weight excluding hydrogens is 302 g/mol. The van der Waals surface area contributed by atoms with Crippen LogP contribution in [0.5, 0.6) is 0 Å². The Bertz CT molecular complexity index is 459. The highest BCUT2D eigenvalue weighted by Gasteiger charge is 2.36. The minimum absolute atomic E-state index is 0.0464. The van der Waals surface area contributed by atoms with Gasteiger partial charge < -0.3 is 5.32 Å². The summed E-state index contributed by atoms with van der Waals surface area (Å²) in [7, 11) is -2.91. The Labute approximate surface area is 100 Å². The van der Waals surface area contributed by atoms with E-state index in [1.165, 1.54) is 11.3 Å². The molecule has 0 radical (unpaired) electrons. The van der Waals surface area contributed by atoms with Gasteiger partial charge in [0.1, 0.15) is 0 Å². The molecule has 0 aliphatic carbocycles. The zero-order valence-electron chi connectivity index (χ0n) is 7.97. The highest BCUT2D eigenvalue weighted by atomic mass is 79.9. The van der Waals surface area contributed by atoms with Crippen LogP contribution in [0.3, 0.4) is 0 Å². The van der Waals surface area contributed by atoms with Crippen LogP contribution in [0.15, 0.2) is 3.92 Å². The van der Waals surface area contributed by atoms with Gasteiger partial charge in [-0.25, -0.2) is 8.42 Å². The highest BCUT2D eigenvalue weighted by Crippen LogP contribution is 2.26. The molecule has 0 bridgehead atoms. The van der Waals surface area contributed by atoms with Crippen LogP contribution in [0, 0.1) is 0 Å². The fourth-order valence-electron chi connectivity index (χ4n) is 1.57. The molecule has 5 nitrogen and oxygen atoms in total. The van der Waals surface area contributed by atoms with Crippen molar-refractivity contribution in [3.63, 3.8) is 0 Å². The third kappa shape index (κ3) is 2.31. The molecule has 84 valence electrons. The summed E-state index contributed by atoms with van der Waals surface area (Å²) < 4.78 is 23.7. The van der Waals surface area contributed by atoms with Gasteiger partial charge in [-0.15, -0.1) is 10.2 Å². The lowest BCUT2D eigenvalue weighted by atomic mass is 10.2. The summed E-state index contributed by atoms with van der Waals surface area (Å²) in [5.74, 6) is 0.256. The van der Waals surface area contributed by atoms with E-state index >= 15 is 0 Å². The molecule has 2 rings (SSSR count). The average molecular weight is 312 g/mol. The van der Waals surface area contributed by atoms with E-state index in [2.05, 4.69) is 31.4 Å². The molecule has 2 heterocycles. The first kappa shape index (κ1) is 11.3. The van der Waals surface area contributed by atoms with Crippen molar-refractivity contribution in [2.45, 2.75) is 24.6 Å². The normalized spacial score (nSPS) is 29.2. The van der Waals surface area contributed by atoms with Gasteiger partial charge in [0.2, 0.25) is 5.13 Å². The van der Waals surface area contributed by atoms with E-state index in [9.17, 15) is 8.42 Å². The minimum atomic E-state index is -2.91. The van der Waals surface area contributed by atoms with Gasteiger partial charge in [0, 0.05) is 6.04 Å². The van der Waals surface area contributed by atoms with Crippen LogP contribution in [0.2, 0.25) is 0 Å². The summed E-state index contributed by atoms with van der Waals surface area (Å²) in [4.78, 5) is 0. The van der Waals surface area contributed by atoms with Crippen molar-refractivity contribution in [3.05, 3.63) is 3.92 Å². The van der Waals surface area contributed by atoms with Crippen LogP contribution < -0.4 is 5.32 Å². The first-order valence-corrected chi connectivity index (χ1v) is 7.78. The fraction of sp³-hybridized carbons (Fsp3) is 0.714. The molecule has 1 fully saturated rings. The molecule has 1 saturated heterocycles. The van der Waals surface area contributed by atoms with Gasteiger partial charge in [-0.05, 0) is 29.3 Å². The lowest BCUT2D eigenvalue weighted by Crippen LogP contribution is -2.29. The van der Waals surface area contributed by atoms with Crippen molar-refractivity contribution in [1.29, 1.82) is 0 Å². The number of hydrogen-bond donors (Lipinski definition) is 1. The van der Waals surface area contributed by atoms with E-state index in [0.717, 1.165) is 0 Å². The van der Waals surface area contributed by atoms with Gasteiger partial charge in [-0.2, -0.15) is 0 Å². The summed E-state index contributed by atoms with van der Waals surface area (Å²) in [6.45, 7) is 1.73. The molecule has 8 heteroatoms. The van der Waals surface area contributed by atoms with Crippen LogP contribution in [0.1, 0.15) is 13.3 Å². The molecule has 1 aliphatic heterocycles. The van der Waals surface area contributed by atoms with Crippen LogP contribution in [-0.4, -0.2) is 35.7 Å². The molecule has 2 unspecified atom stereocenters. The third-order valence-electron chi connectivity index (χ3n) is 2.56. The van der Waals surface area contributed by atoms with Crippen molar-refractivity contribution < 1.29 is 8.42 Å². The highest BCUT2D eigenvalue weighted by molar-refractivity contribution is 9.11. The maximum Gasteiger partial charge on any atom is 0.206 e. The minimum Gasteiger partial charge on any atom is -0.356 e.